The molecule has 0 bridgehead atoms. The average molecular weight is 628 g/mol. The van der Waals surface area contributed by atoms with E-state index >= 15 is 0 Å². The maximum atomic E-state index is 12.0. The van der Waals surface area contributed by atoms with E-state index in [1.54, 1.807) is 21.0 Å². The van der Waals surface area contributed by atoms with Crippen LogP contribution in [-0.4, -0.2) is 55.2 Å². The number of nitrogens with two attached hydrogens (primary N) is 1. The number of nitrogens with zero attached hydrogens (tertiary/aromatic N) is 2. The Balaban J connectivity index is 1.35. The second-order valence-electron chi connectivity index (χ2n) is 12.5. The van der Waals surface area contributed by atoms with Crippen LogP contribution in [-0.2, 0) is 44.1 Å². The first-order chi connectivity index (χ1) is 20.7. The highest BCUT2D eigenvalue weighted by Crippen LogP contribution is 2.46. The molecule has 4 atom stereocenters. The van der Waals surface area contributed by atoms with E-state index in [9.17, 15) is 9.00 Å². The van der Waals surface area contributed by atoms with Gasteiger partial charge in [-0.15, -0.1) is 4.36 Å². The molecule has 2 N–H and O–H groups in total. The van der Waals surface area contributed by atoms with Gasteiger partial charge in [0.25, 0.3) is 5.91 Å². The lowest BCUT2D eigenvalue weighted by atomic mass is 9.68. The molecule has 1 unspecified atom stereocenters. The smallest absolute Gasteiger partial charge is 0.290 e. The number of hydrogen-bond donors (Lipinski definition) is 1. The molecule has 2 aliphatic carbocycles. The molecular weight excluding hydrogens is 586 g/mol. The molecule has 1 spiro atoms. The standard InChI is InChI=1S/C33H42ClN3O5S/c1-32(2,31(38)36-43-39)42-15-5-7-29(40-3)26-11-9-24(26)19-37-20-33(14-4-6-23-17-25(34)10-12-27(23)33)21-41-30-13-8-22(18-35)16-28(30)37/h5,7-8,10,12-13,16-17,24,26,29H,4,6,9,11,14-15,18-21,35H2,1-3H3/b7-5+/t24-,26+,29?,33-/m0/s1. The van der Waals surface area contributed by atoms with E-state index in [2.05, 4.69) is 39.6 Å². The van der Waals surface area contributed by atoms with Gasteiger partial charge in [-0.05, 0) is 98.7 Å². The molecule has 10 heteroatoms. The largest absolute Gasteiger partial charge is 0.490 e. The fourth-order valence-corrected chi connectivity index (χ4v) is 7.35. The fourth-order valence-electron chi connectivity index (χ4n) is 6.87. The number of amides is 1. The SMILES string of the molecule is COC(/C=C/COC(C)(C)C(=O)N=S=O)[C@@H]1CC[C@H]1CN1C[C@@]2(CCCc3cc(Cl)ccc32)COc2ccc(CN)cc21. The Morgan fingerprint density at radius 3 is 2.86 bits per heavy atom. The first-order valence-electron chi connectivity index (χ1n) is 15.1. The molecule has 1 amide bonds. The summed E-state index contributed by atoms with van der Waals surface area (Å²) >= 11 is 6.31. The molecule has 2 aromatic carbocycles. The molecule has 43 heavy (non-hydrogen) atoms. The maximum Gasteiger partial charge on any atom is 0.290 e. The van der Waals surface area contributed by atoms with Crippen molar-refractivity contribution < 1.29 is 23.2 Å². The van der Waals surface area contributed by atoms with Gasteiger partial charge in [-0.1, -0.05) is 35.9 Å². The lowest BCUT2D eigenvalue weighted by molar-refractivity contribution is -0.137. The molecule has 1 saturated carbocycles. The number of carbonyl (C=O) groups excluding carboxylic acids is 1. The topological polar surface area (TPSA) is 103 Å². The number of halogens is 1. The van der Waals surface area contributed by atoms with Crippen LogP contribution in [0.25, 0.3) is 0 Å². The van der Waals surface area contributed by atoms with Crippen LogP contribution in [0.2, 0.25) is 5.02 Å². The number of carbonyl (C=O) groups is 1. The number of anilines is 1. The van der Waals surface area contributed by atoms with Gasteiger partial charge in [-0.2, -0.15) is 4.21 Å². The first kappa shape index (κ1) is 31.9. The average Bonchev–Trinajstić information content (AvgIpc) is 3.13. The fraction of sp³-hybridized carbons (Fsp3) is 0.545. The van der Waals surface area contributed by atoms with Crippen molar-refractivity contribution in [1.82, 2.24) is 0 Å². The molecule has 8 nitrogen and oxygen atoms in total. The summed E-state index contributed by atoms with van der Waals surface area (Å²) in [5.41, 5.74) is 9.66. The van der Waals surface area contributed by atoms with E-state index in [0.29, 0.717) is 25.0 Å². The van der Waals surface area contributed by atoms with Crippen molar-refractivity contribution in [2.24, 2.45) is 21.9 Å². The van der Waals surface area contributed by atoms with E-state index in [1.807, 2.05) is 18.2 Å². The number of benzene rings is 2. The van der Waals surface area contributed by atoms with Crippen LogP contribution in [0.4, 0.5) is 5.69 Å². The Bertz CT molecular complexity index is 1410. The number of methoxy groups -OCH3 is 1. The summed E-state index contributed by atoms with van der Waals surface area (Å²) in [5, 5.41) is 0.783. The molecule has 0 radical (unpaired) electrons. The van der Waals surface area contributed by atoms with Crippen molar-refractivity contribution in [2.75, 3.05) is 38.3 Å². The zero-order valence-corrected chi connectivity index (χ0v) is 26.8. The van der Waals surface area contributed by atoms with E-state index in [4.69, 9.17) is 31.5 Å². The van der Waals surface area contributed by atoms with Crippen molar-refractivity contribution in [3.63, 3.8) is 0 Å². The summed E-state index contributed by atoms with van der Waals surface area (Å²) in [6.45, 7) is 6.31. The second-order valence-corrected chi connectivity index (χ2v) is 13.3. The normalized spacial score (nSPS) is 24.0. The number of ether oxygens (including phenoxy) is 3. The zero-order valence-electron chi connectivity index (χ0n) is 25.2. The van der Waals surface area contributed by atoms with E-state index < -0.39 is 11.5 Å². The van der Waals surface area contributed by atoms with Crippen LogP contribution < -0.4 is 15.4 Å². The Morgan fingerprint density at radius 1 is 1.30 bits per heavy atom. The molecule has 3 aliphatic rings. The Labute approximate surface area is 263 Å². The van der Waals surface area contributed by atoms with Gasteiger partial charge in [0.15, 0.2) is 0 Å². The summed E-state index contributed by atoms with van der Waals surface area (Å²) in [4.78, 5) is 14.5. The van der Waals surface area contributed by atoms with Crippen molar-refractivity contribution >= 4 is 34.7 Å². The van der Waals surface area contributed by atoms with E-state index in [-0.39, 0.29) is 29.6 Å². The third-order valence-electron chi connectivity index (χ3n) is 9.46. The minimum absolute atomic E-state index is 0.0763. The third kappa shape index (κ3) is 6.91. The predicted molar refractivity (Wildman–Crippen MR) is 170 cm³/mol. The summed E-state index contributed by atoms with van der Waals surface area (Å²) < 4.78 is 32.2. The Hall–Kier alpha value is -2.56. The minimum Gasteiger partial charge on any atom is -0.490 e. The molecule has 1 heterocycles. The number of hydrogen-bond acceptors (Lipinski definition) is 7. The molecule has 1 aliphatic heterocycles. The molecule has 5 rings (SSSR count). The second kappa shape index (κ2) is 13.6. The predicted octanol–water partition coefficient (Wildman–Crippen LogP) is 5.59. The number of fused-ring (bicyclic) bond motifs is 3. The molecular formula is C33H42ClN3O5S. The molecule has 2 aromatic rings. The first-order valence-corrected chi connectivity index (χ1v) is 16.1. The number of rotatable bonds is 10. The van der Waals surface area contributed by atoms with Crippen molar-refractivity contribution in [3.05, 3.63) is 70.3 Å². The van der Waals surface area contributed by atoms with Crippen molar-refractivity contribution in [1.29, 1.82) is 0 Å². The highest BCUT2D eigenvalue weighted by atomic mass is 35.5. The third-order valence-corrected chi connectivity index (χ3v) is 9.94. The van der Waals surface area contributed by atoms with Gasteiger partial charge in [0.05, 0.1) is 25.0 Å². The zero-order chi connectivity index (χ0) is 30.6. The molecule has 1 fully saturated rings. The summed E-state index contributed by atoms with van der Waals surface area (Å²) in [5.74, 6) is 1.11. The monoisotopic (exact) mass is 627 g/mol. The number of aryl methyl sites for hydroxylation is 1. The van der Waals surface area contributed by atoms with Crippen LogP contribution in [0.5, 0.6) is 5.75 Å². The maximum absolute atomic E-state index is 12.0. The van der Waals surface area contributed by atoms with Crippen molar-refractivity contribution in [2.45, 2.75) is 69.6 Å². The lowest BCUT2D eigenvalue weighted by Gasteiger charge is -2.46. The van der Waals surface area contributed by atoms with Gasteiger partial charge in [0.2, 0.25) is 11.5 Å². The van der Waals surface area contributed by atoms with Gasteiger partial charge in [-0.25, -0.2) is 0 Å². The Kier molecular flexibility index (Phi) is 10.1. The van der Waals surface area contributed by atoms with E-state index in [1.165, 1.54) is 11.1 Å². The summed E-state index contributed by atoms with van der Waals surface area (Å²) in [6, 6.07) is 12.7. The van der Waals surface area contributed by atoms with Crippen molar-refractivity contribution in [3.8, 4) is 5.75 Å². The summed E-state index contributed by atoms with van der Waals surface area (Å²) in [6.07, 6.45) is 9.25. The van der Waals surface area contributed by atoms with Gasteiger partial charge in [0, 0.05) is 37.2 Å². The van der Waals surface area contributed by atoms with Crippen LogP contribution >= 0.6 is 11.6 Å². The van der Waals surface area contributed by atoms with Gasteiger partial charge < -0.3 is 24.8 Å². The summed E-state index contributed by atoms with van der Waals surface area (Å²) in [7, 11) is 1.74. The molecule has 0 saturated heterocycles. The molecule has 232 valence electrons. The minimum atomic E-state index is -1.16. The highest BCUT2D eigenvalue weighted by molar-refractivity contribution is 7.55. The Morgan fingerprint density at radius 2 is 2.14 bits per heavy atom. The highest BCUT2D eigenvalue weighted by Gasteiger charge is 2.44. The van der Waals surface area contributed by atoms with Crippen LogP contribution in [0, 0.1) is 11.8 Å². The molecule has 0 aromatic heterocycles. The van der Waals surface area contributed by atoms with Crippen LogP contribution in [0.3, 0.4) is 0 Å². The quantitative estimate of drug-likeness (QED) is 0.343. The van der Waals surface area contributed by atoms with Gasteiger partial charge in [-0.3, -0.25) is 4.79 Å². The van der Waals surface area contributed by atoms with Gasteiger partial charge >= 0.3 is 0 Å². The van der Waals surface area contributed by atoms with E-state index in [0.717, 1.165) is 67.2 Å². The van der Waals surface area contributed by atoms with Crippen LogP contribution in [0.1, 0.15) is 56.2 Å². The lowest BCUT2D eigenvalue weighted by Crippen LogP contribution is -2.49. The van der Waals surface area contributed by atoms with Gasteiger partial charge in [0.1, 0.15) is 11.4 Å². The van der Waals surface area contributed by atoms with Crippen LogP contribution in [0.15, 0.2) is 52.9 Å².